The lowest BCUT2D eigenvalue weighted by molar-refractivity contribution is -0.142. The second-order valence-corrected chi connectivity index (χ2v) is 4.95. The summed E-state index contributed by atoms with van der Waals surface area (Å²) in [5, 5.41) is 4.54. The molecule has 0 spiro atoms. The highest BCUT2D eigenvalue weighted by atomic mass is 32.2. The van der Waals surface area contributed by atoms with Gasteiger partial charge in [-0.15, -0.1) is 11.8 Å². The molecule has 1 fully saturated rings. The zero-order valence-corrected chi connectivity index (χ0v) is 9.87. The van der Waals surface area contributed by atoms with Crippen molar-refractivity contribution in [1.82, 2.24) is 10.3 Å². The Labute approximate surface area is 98.8 Å². The summed E-state index contributed by atoms with van der Waals surface area (Å²) in [4.78, 5) is 15.6. The van der Waals surface area contributed by atoms with Crippen LogP contribution in [0.3, 0.4) is 0 Å². The van der Waals surface area contributed by atoms with E-state index in [-0.39, 0.29) is 12.0 Å². The number of aromatic nitrogens is 1. The Hall–Kier alpha value is -1.07. The molecule has 86 valence electrons. The number of ether oxygens (including phenoxy) is 1. The fourth-order valence-corrected chi connectivity index (χ4v) is 2.79. The Morgan fingerprint density at radius 1 is 1.62 bits per heavy atom. The van der Waals surface area contributed by atoms with Crippen molar-refractivity contribution in [2.24, 2.45) is 0 Å². The highest BCUT2D eigenvalue weighted by molar-refractivity contribution is 7.99. The topological polar surface area (TPSA) is 51.2 Å². The molecular weight excluding hydrogens is 224 g/mol. The van der Waals surface area contributed by atoms with E-state index in [1.807, 2.05) is 18.2 Å². The highest BCUT2D eigenvalue weighted by Crippen LogP contribution is 2.27. The van der Waals surface area contributed by atoms with Gasteiger partial charge in [-0.05, 0) is 18.6 Å². The summed E-state index contributed by atoms with van der Waals surface area (Å²) >= 11 is 1.70. The molecule has 0 amide bonds. The predicted octanol–water partition coefficient (Wildman–Crippen LogP) is 1.08. The van der Waals surface area contributed by atoms with Crippen LogP contribution in [0, 0.1) is 0 Å². The van der Waals surface area contributed by atoms with Crippen molar-refractivity contribution in [3.05, 3.63) is 24.4 Å². The molecule has 1 aliphatic heterocycles. The van der Waals surface area contributed by atoms with Gasteiger partial charge in [0.1, 0.15) is 6.04 Å². The van der Waals surface area contributed by atoms with Gasteiger partial charge in [0.05, 0.1) is 12.1 Å². The standard InChI is InChI=1S/C11H14N2O2S/c1-15-11(14)9-6-8(7-13-9)16-10-4-2-3-5-12-10/h2-5,8-9,13H,6-7H2,1H3/t8-,9+/m0/s1. The normalized spacial score (nSPS) is 24.3. The Morgan fingerprint density at radius 3 is 3.19 bits per heavy atom. The quantitative estimate of drug-likeness (QED) is 0.798. The van der Waals surface area contributed by atoms with Gasteiger partial charge >= 0.3 is 5.97 Å². The second-order valence-electron chi connectivity index (χ2n) is 3.63. The predicted molar refractivity (Wildman–Crippen MR) is 62.3 cm³/mol. The van der Waals surface area contributed by atoms with Crippen LogP contribution in [0.25, 0.3) is 0 Å². The number of pyridine rings is 1. The average molecular weight is 238 g/mol. The van der Waals surface area contributed by atoms with E-state index >= 15 is 0 Å². The van der Waals surface area contributed by atoms with Crippen molar-refractivity contribution in [1.29, 1.82) is 0 Å². The first-order valence-corrected chi connectivity index (χ1v) is 6.06. The van der Waals surface area contributed by atoms with Gasteiger partial charge in [0.15, 0.2) is 0 Å². The molecule has 4 nitrogen and oxygen atoms in total. The molecule has 0 saturated carbocycles. The van der Waals surface area contributed by atoms with E-state index in [2.05, 4.69) is 10.3 Å². The molecule has 1 saturated heterocycles. The fourth-order valence-electron chi connectivity index (χ4n) is 1.70. The van der Waals surface area contributed by atoms with E-state index in [9.17, 15) is 4.79 Å². The molecule has 2 heterocycles. The molecule has 2 rings (SSSR count). The number of nitrogens with one attached hydrogen (secondary N) is 1. The Balaban J connectivity index is 1.88. The van der Waals surface area contributed by atoms with E-state index in [0.29, 0.717) is 5.25 Å². The van der Waals surface area contributed by atoms with Gasteiger partial charge in [-0.25, -0.2) is 4.98 Å². The molecule has 0 bridgehead atoms. The fraction of sp³-hybridized carbons (Fsp3) is 0.455. The maximum absolute atomic E-state index is 11.3. The van der Waals surface area contributed by atoms with Gasteiger partial charge in [-0.1, -0.05) is 6.07 Å². The lowest BCUT2D eigenvalue weighted by Crippen LogP contribution is -2.31. The smallest absolute Gasteiger partial charge is 0.322 e. The summed E-state index contributed by atoms with van der Waals surface area (Å²) < 4.78 is 4.71. The van der Waals surface area contributed by atoms with E-state index in [1.165, 1.54) is 7.11 Å². The number of methoxy groups -OCH3 is 1. The SMILES string of the molecule is COC(=O)[C@H]1C[C@H](Sc2ccccn2)CN1. The van der Waals surface area contributed by atoms with Crippen molar-refractivity contribution < 1.29 is 9.53 Å². The van der Waals surface area contributed by atoms with E-state index in [0.717, 1.165) is 18.0 Å². The zero-order chi connectivity index (χ0) is 11.4. The van der Waals surface area contributed by atoms with Gasteiger partial charge in [0.2, 0.25) is 0 Å². The van der Waals surface area contributed by atoms with Gasteiger partial charge in [0, 0.05) is 18.0 Å². The molecule has 1 aromatic rings. The number of hydrogen-bond donors (Lipinski definition) is 1. The molecule has 5 heteroatoms. The summed E-state index contributed by atoms with van der Waals surface area (Å²) in [5.41, 5.74) is 0. The average Bonchev–Trinajstić information content (AvgIpc) is 2.78. The first-order valence-electron chi connectivity index (χ1n) is 5.18. The number of nitrogens with zero attached hydrogens (tertiary/aromatic N) is 1. The minimum atomic E-state index is -0.177. The number of carbonyl (C=O) groups is 1. The molecule has 0 aromatic carbocycles. The lowest BCUT2D eigenvalue weighted by atomic mass is 10.2. The highest BCUT2D eigenvalue weighted by Gasteiger charge is 2.30. The first kappa shape index (κ1) is 11.4. The molecule has 2 atom stereocenters. The van der Waals surface area contributed by atoms with Crippen LogP contribution in [0.2, 0.25) is 0 Å². The Bertz CT molecular complexity index is 358. The van der Waals surface area contributed by atoms with Gasteiger partial charge in [-0.2, -0.15) is 0 Å². The van der Waals surface area contributed by atoms with Crippen LogP contribution >= 0.6 is 11.8 Å². The third kappa shape index (κ3) is 2.74. The molecular formula is C11H14N2O2S. The summed E-state index contributed by atoms with van der Waals surface area (Å²) in [6, 6.07) is 5.69. The number of rotatable bonds is 3. The molecule has 1 aromatic heterocycles. The second kappa shape index (κ2) is 5.32. The molecule has 1 aliphatic rings. The molecule has 1 N–H and O–H groups in total. The van der Waals surface area contributed by atoms with Crippen molar-refractivity contribution in [2.75, 3.05) is 13.7 Å². The van der Waals surface area contributed by atoms with E-state index < -0.39 is 0 Å². The number of esters is 1. The molecule has 16 heavy (non-hydrogen) atoms. The summed E-state index contributed by atoms with van der Waals surface area (Å²) in [7, 11) is 1.42. The molecule has 0 aliphatic carbocycles. The van der Waals surface area contributed by atoms with Gasteiger partial charge in [0.25, 0.3) is 0 Å². The Kier molecular flexibility index (Phi) is 3.79. The lowest BCUT2D eigenvalue weighted by Gasteiger charge is -2.07. The third-order valence-corrected chi connectivity index (χ3v) is 3.68. The third-order valence-electron chi connectivity index (χ3n) is 2.50. The van der Waals surface area contributed by atoms with E-state index in [4.69, 9.17) is 4.74 Å². The van der Waals surface area contributed by atoms with Gasteiger partial charge < -0.3 is 10.1 Å². The zero-order valence-electron chi connectivity index (χ0n) is 9.05. The Morgan fingerprint density at radius 2 is 2.50 bits per heavy atom. The van der Waals surface area contributed by atoms with Crippen LogP contribution in [0.4, 0.5) is 0 Å². The monoisotopic (exact) mass is 238 g/mol. The minimum absolute atomic E-state index is 0.161. The number of carbonyl (C=O) groups excluding carboxylic acids is 1. The van der Waals surface area contributed by atoms with Crippen LogP contribution in [0.5, 0.6) is 0 Å². The maximum Gasteiger partial charge on any atom is 0.322 e. The number of hydrogen-bond acceptors (Lipinski definition) is 5. The van der Waals surface area contributed by atoms with Crippen molar-refractivity contribution in [2.45, 2.75) is 22.7 Å². The first-order chi connectivity index (χ1) is 7.79. The maximum atomic E-state index is 11.3. The summed E-state index contributed by atoms with van der Waals surface area (Å²) in [6.45, 7) is 0.820. The number of thioether (sulfide) groups is 1. The minimum Gasteiger partial charge on any atom is -0.468 e. The molecule has 0 unspecified atom stereocenters. The van der Waals surface area contributed by atoms with E-state index in [1.54, 1.807) is 18.0 Å². The van der Waals surface area contributed by atoms with Gasteiger partial charge in [-0.3, -0.25) is 4.79 Å². The molecule has 0 radical (unpaired) electrons. The summed E-state index contributed by atoms with van der Waals surface area (Å²) in [6.07, 6.45) is 2.58. The van der Waals surface area contributed by atoms with Crippen LogP contribution in [0.15, 0.2) is 29.4 Å². The van der Waals surface area contributed by atoms with Crippen LogP contribution in [-0.2, 0) is 9.53 Å². The van der Waals surface area contributed by atoms with Crippen molar-refractivity contribution in [3.63, 3.8) is 0 Å². The van der Waals surface area contributed by atoms with Crippen molar-refractivity contribution in [3.8, 4) is 0 Å². The van der Waals surface area contributed by atoms with Crippen LogP contribution in [0.1, 0.15) is 6.42 Å². The summed E-state index contributed by atoms with van der Waals surface area (Å²) in [5.74, 6) is -0.177. The van der Waals surface area contributed by atoms with Crippen molar-refractivity contribution >= 4 is 17.7 Å². The van der Waals surface area contributed by atoms with Crippen LogP contribution in [-0.4, -0.2) is 35.9 Å². The largest absolute Gasteiger partial charge is 0.468 e. The van der Waals surface area contributed by atoms with Crippen LogP contribution < -0.4 is 5.32 Å².